The van der Waals surface area contributed by atoms with Gasteiger partial charge in [-0.25, -0.2) is 9.78 Å². The average molecular weight is 432 g/mol. The highest BCUT2D eigenvalue weighted by atomic mass is 16.5. The van der Waals surface area contributed by atoms with E-state index in [0.29, 0.717) is 24.5 Å². The fourth-order valence-electron chi connectivity index (χ4n) is 3.27. The standard InChI is InChI=1S/C24H24N4O4/c1-4-31-23-19(11-8-12-26-23)24(30)32-15-21(29)27-22-20(13-25)16(2)17(3)28(22)14-18-9-6-5-7-10-18/h5-12H,4,14-15H2,1-3H3,(H,27,29). The summed E-state index contributed by atoms with van der Waals surface area (Å²) < 4.78 is 12.4. The molecule has 0 saturated carbocycles. The lowest BCUT2D eigenvalue weighted by Crippen LogP contribution is -2.23. The SMILES string of the molecule is CCOc1ncccc1C(=O)OCC(=O)Nc1c(C#N)c(C)c(C)n1Cc1ccccc1. The first-order valence-corrected chi connectivity index (χ1v) is 10.1. The van der Waals surface area contributed by atoms with E-state index < -0.39 is 18.5 Å². The second kappa shape index (κ2) is 10.3. The van der Waals surface area contributed by atoms with E-state index in [0.717, 1.165) is 16.8 Å². The number of amides is 1. The Morgan fingerprint density at radius 2 is 1.91 bits per heavy atom. The number of carbonyl (C=O) groups excluding carboxylic acids is 2. The molecule has 2 heterocycles. The maximum atomic E-state index is 12.6. The van der Waals surface area contributed by atoms with E-state index in [-0.39, 0.29) is 11.4 Å². The van der Waals surface area contributed by atoms with Crippen molar-refractivity contribution in [2.75, 3.05) is 18.5 Å². The van der Waals surface area contributed by atoms with Gasteiger partial charge in [-0.2, -0.15) is 5.26 Å². The molecule has 0 aliphatic heterocycles. The topological polar surface area (TPSA) is 106 Å². The van der Waals surface area contributed by atoms with Crippen LogP contribution in [0, 0.1) is 25.2 Å². The van der Waals surface area contributed by atoms with Gasteiger partial charge in [0.25, 0.3) is 5.91 Å². The minimum Gasteiger partial charge on any atom is -0.477 e. The molecular weight excluding hydrogens is 408 g/mol. The van der Waals surface area contributed by atoms with Crippen molar-refractivity contribution in [3.05, 3.63) is 76.6 Å². The van der Waals surface area contributed by atoms with Crippen molar-refractivity contribution in [1.82, 2.24) is 9.55 Å². The molecular formula is C24H24N4O4. The molecule has 1 aromatic carbocycles. The summed E-state index contributed by atoms with van der Waals surface area (Å²) in [6, 6.07) is 15.0. The number of esters is 1. The number of benzene rings is 1. The average Bonchev–Trinajstić information content (AvgIpc) is 3.02. The maximum absolute atomic E-state index is 12.6. The van der Waals surface area contributed by atoms with Gasteiger partial charge >= 0.3 is 5.97 Å². The number of hydrogen-bond acceptors (Lipinski definition) is 6. The number of hydrogen-bond donors (Lipinski definition) is 1. The van der Waals surface area contributed by atoms with Crippen LogP contribution >= 0.6 is 0 Å². The van der Waals surface area contributed by atoms with Crippen LogP contribution in [-0.2, 0) is 16.1 Å². The zero-order valence-corrected chi connectivity index (χ0v) is 18.2. The molecule has 0 aliphatic rings. The fraction of sp³-hybridized carbons (Fsp3) is 0.250. The third-order valence-corrected chi connectivity index (χ3v) is 4.99. The van der Waals surface area contributed by atoms with Gasteiger partial charge in [-0.1, -0.05) is 30.3 Å². The number of ether oxygens (including phenoxy) is 2. The van der Waals surface area contributed by atoms with E-state index in [4.69, 9.17) is 9.47 Å². The van der Waals surface area contributed by atoms with Crippen LogP contribution in [0.3, 0.4) is 0 Å². The summed E-state index contributed by atoms with van der Waals surface area (Å²) >= 11 is 0. The molecule has 0 saturated heterocycles. The molecule has 164 valence electrons. The van der Waals surface area contributed by atoms with Crippen molar-refractivity contribution in [3.63, 3.8) is 0 Å². The van der Waals surface area contributed by atoms with Gasteiger partial charge < -0.3 is 19.4 Å². The molecule has 1 amide bonds. The normalized spacial score (nSPS) is 10.3. The van der Waals surface area contributed by atoms with Crippen LogP contribution in [0.4, 0.5) is 5.82 Å². The van der Waals surface area contributed by atoms with Crippen LogP contribution < -0.4 is 10.1 Å². The lowest BCUT2D eigenvalue weighted by Gasteiger charge is -2.14. The molecule has 8 nitrogen and oxygen atoms in total. The van der Waals surface area contributed by atoms with E-state index in [1.807, 2.05) is 48.7 Å². The Morgan fingerprint density at radius 1 is 1.16 bits per heavy atom. The first-order chi connectivity index (χ1) is 15.5. The number of rotatable bonds is 8. The van der Waals surface area contributed by atoms with Crippen LogP contribution in [0.25, 0.3) is 0 Å². The number of carbonyl (C=O) groups is 2. The molecule has 1 N–H and O–H groups in total. The lowest BCUT2D eigenvalue weighted by atomic mass is 10.2. The summed E-state index contributed by atoms with van der Waals surface area (Å²) in [4.78, 5) is 29.0. The second-order valence-corrected chi connectivity index (χ2v) is 7.03. The summed E-state index contributed by atoms with van der Waals surface area (Å²) in [5, 5.41) is 12.4. The molecule has 0 bridgehead atoms. The molecule has 0 fully saturated rings. The third kappa shape index (κ3) is 4.95. The summed E-state index contributed by atoms with van der Waals surface area (Å²) in [7, 11) is 0. The Hall–Kier alpha value is -4.12. The minimum absolute atomic E-state index is 0.138. The number of pyridine rings is 1. The molecule has 2 aromatic heterocycles. The van der Waals surface area contributed by atoms with Crippen LogP contribution in [-0.4, -0.2) is 34.6 Å². The zero-order valence-electron chi connectivity index (χ0n) is 18.2. The first kappa shape index (κ1) is 22.6. The Labute approximate surface area is 186 Å². The van der Waals surface area contributed by atoms with Gasteiger partial charge in [0.05, 0.1) is 12.2 Å². The highest BCUT2D eigenvalue weighted by Gasteiger charge is 2.21. The number of nitrogens with zero attached hydrogens (tertiary/aromatic N) is 3. The monoisotopic (exact) mass is 432 g/mol. The van der Waals surface area contributed by atoms with Crippen molar-refractivity contribution in [2.45, 2.75) is 27.3 Å². The lowest BCUT2D eigenvalue weighted by molar-refractivity contribution is -0.119. The fourth-order valence-corrected chi connectivity index (χ4v) is 3.27. The van der Waals surface area contributed by atoms with E-state index in [9.17, 15) is 14.9 Å². The van der Waals surface area contributed by atoms with E-state index in [1.54, 1.807) is 13.0 Å². The molecule has 8 heteroatoms. The molecule has 0 spiro atoms. The van der Waals surface area contributed by atoms with Crippen molar-refractivity contribution in [3.8, 4) is 11.9 Å². The van der Waals surface area contributed by atoms with Crippen molar-refractivity contribution in [2.24, 2.45) is 0 Å². The predicted octanol–water partition coefficient (Wildman–Crippen LogP) is 3.61. The molecule has 0 aliphatic carbocycles. The smallest absolute Gasteiger partial charge is 0.344 e. The van der Waals surface area contributed by atoms with Crippen LogP contribution in [0.5, 0.6) is 5.88 Å². The van der Waals surface area contributed by atoms with Gasteiger partial charge in [-0.05, 0) is 44.0 Å². The highest BCUT2D eigenvalue weighted by molar-refractivity contribution is 5.97. The summed E-state index contributed by atoms with van der Waals surface area (Å²) in [5.74, 6) is -0.744. The van der Waals surface area contributed by atoms with Gasteiger partial charge in [0.15, 0.2) is 6.61 Å². The molecule has 0 radical (unpaired) electrons. The predicted molar refractivity (Wildman–Crippen MR) is 118 cm³/mol. The summed E-state index contributed by atoms with van der Waals surface area (Å²) in [5.41, 5.74) is 3.20. The molecule has 3 rings (SSSR count). The zero-order chi connectivity index (χ0) is 23.1. The Bertz CT molecular complexity index is 1160. The van der Waals surface area contributed by atoms with Gasteiger partial charge in [0.1, 0.15) is 17.5 Å². The van der Waals surface area contributed by atoms with E-state index in [1.165, 1.54) is 12.3 Å². The number of nitrogens with one attached hydrogen (secondary N) is 1. The molecule has 32 heavy (non-hydrogen) atoms. The second-order valence-electron chi connectivity index (χ2n) is 7.03. The third-order valence-electron chi connectivity index (χ3n) is 4.99. The molecule has 0 unspecified atom stereocenters. The van der Waals surface area contributed by atoms with Gasteiger partial charge in [-0.3, -0.25) is 4.79 Å². The number of anilines is 1. The van der Waals surface area contributed by atoms with Crippen LogP contribution in [0.15, 0.2) is 48.7 Å². The van der Waals surface area contributed by atoms with Gasteiger partial charge in [0.2, 0.25) is 5.88 Å². The highest BCUT2D eigenvalue weighted by Crippen LogP contribution is 2.27. The van der Waals surface area contributed by atoms with Crippen molar-refractivity contribution >= 4 is 17.7 Å². The summed E-state index contributed by atoms with van der Waals surface area (Å²) in [6.07, 6.45) is 1.50. The largest absolute Gasteiger partial charge is 0.477 e. The Balaban J connectivity index is 1.76. The number of nitriles is 1. The quantitative estimate of drug-likeness (QED) is 0.545. The van der Waals surface area contributed by atoms with Gasteiger partial charge in [0, 0.05) is 18.4 Å². The Morgan fingerprint density at radius 3 is 2.59 bits per heavy atom. The van der Waals surface area contributed by atoms with Crippen LogP contribution in [0.1, 0.15) is 39.7 Å². The minimum atomic E-state index is -0.718. The van der Waals surface area contributed by atoms with E-state index in [2.05, 4.69) is 16.4 Å². The molecule has 3 aromatic rings. The first-order valence-electron chi connectivity index (χ1n) is 10.1. The summed E-state index contributed by atoms with van der Waals surface area (Å²) in [6.45, 7) is 5.82. The maximum Gasteiger partial charge on any atom is 0.344 e. The van der Waals surface area contributed by atoms with Gasteiger partial charge in [-0.15, -0.1) is 0 Å². The van der Waals surface area contributed by atoms with E-state index >= 15 is 0 Å². The molecule has 0 atom stereocenters. The van der Waals surface area contributed by atoms with Crippen LogP contribution in [0.2, 0.25) is 0 Å². The van der Waals surface area contributed by atoms with Crippen molar-refractivity contribution < 1.29 is 19.1 Å². The van der Waals surface area contributed by atoms with Crippen molar-refractivity contribution in [1.29, 1.82) is 5.26 Å². The number of aromatic nitrogens is 2. The Kier molecular flexibility index (Phi) is 7.24.